The summed E-state index contributed by atoms with van der Waals surface area (Å²) in [7, 11) is 1.64. The van der Waals surface area contributed by atoms with Crippen LogP contribution in [0.25, 0.3) is 11.1 Å². The molecule has 2 aromatic carbocycles. The molecule has 5 heteroatoms. The first-order valence-electron chi connectivity index (χ1n) is 8.80. The predicted octanol–water partition coefficient (Wildman–Crippen LogP) is 3.90. The average molecular weight is 381 g/mol. The minimum atomic E-state index is -0.0455. The van der Waals surface area contributed by atoms with E-state index in [1.165, 1.54) is 0 Å². The molecule has 0 saturated carbocycles. The van der Waals surface area contributed by atoms with E-state index < -0.39 is 0 Å². The number of aryl methyl sites for hydroxylation is 1. The molecule has 0 unspecified atom stereocenters. The highest BCUT2D eigenvalue weighted by Crippen LogP contribution is 2.19. The Morgan fingerprint density at radius 3 is 2.22 bits per heavy atom. The summed E-state index contributed by atoms with van der Waals surface area (Å²) in [6, 6.07) is 19.0. The Balaban J connectivity index is 1.77. The number of hydrogen-bond acceptors (Lipinski definition) is 2. The van der Waals surface area contributed by atoms with Gasteiger partial charge in [-0.25, -0.2) is 0 Å². The summed E-state index contributed by atoms with van der Waals surface area (Å²) in [6.45, 7) is 0.494. The van der Waals surface area contributed by atoms with Gasteiger partial charge in [0.1, 0.15) is 0 Å². The van der Waals surface area contributed by atoms with Crippen LogP contribution in [-0.4, -0.2) is 17.5 Å². The monoisotopic (exact) mass is 380 g/mol. The van der Waals surface area contributed by atoms with Crippen molar-refractivity contribution in [1.29, 1.82) is 0 Å². The molecule has 0 fully saturated rings. The van der Waals surface area contributed by atoms with E-state index in [2.05, 4.69) is 5.32 Å². The summed E-state index contributed by atoms with van der Waals surface area (Å²) in [5, 5.41) is 3.31. The lowest BCUT2D eigenvalue weighted by molar-refractivity contribution is -0.120. The van der Waals surface area contributed by atoms with Crippen LogP contribution in [0.15, 0.2) is 71.7 Å². The van der Waals surface area contributed by atoms with Crippen LogP contribution in [0.5, 0.6) is 0 Å². The molecule has 0 atom stereocenters. The van der Waals surface area contributed by atoms with Gasteiger partial charge in [-0.2, -0.15) is 0 Å². The molecule has 1 N–H and O–H groups in total. The van der Waals surface area contributed by atoms with Gasteiger partial charge in [-0.1, -0.05) is 48.0 Å². The Labute approximate surface area is 163 Å². The van der Waals surface area contributed by atoms with Gasteiger partial charge in [0, 0.05) is 30.8 Å². The van der Waals surface area contributed by atoms with Gasteiger partial charge in [0.15, 0.2) is 0 Å². The molecule has 0 aliphatic heterocycles. The van der Waals surface area contributed by atoms with Crippen LogP contribution < -0.4 is 10.9 Å². The topological polar surface area (TPSA) is 51.1 Å². The number of carbonyl (C=O) groups excluding carboxylic acids is 1. The number of pyridine rings is 1. The zero-order valence-electron chi connectivity index (χ0n) is 15.1. The fraction of sp³-hybridized carbons (Fsp3) is 0.182. The molecule has 1 heterocycles. The zero-order chi connectivity index (χ0) is 19.2. The van der Waals surface area contributed by atoms with Crippen LogP contribution in [0, 0.1) is 0 Å². The van der Waals surface area contributed by atoms with Crippen LogP contribution in [0.3, 0.4) is 0 Å². The number of halogens is 1. The summed E-state index contributed by atoms with van der Waals surface area (Å²) in [5.74, 6) is 0.0355. The first-order valence-corrected chi connectivity index (χ1v) is 9.18. The summed E-state index contributed by atoms with van der Waals surface area (Å²) in [4.78, 5) is 23.6. The van der Waals surface area contributed by atoms with Gasteiger partial charge in [-0.05, 0) is 46.9 Å². The second kappa shape index (κ2) is 8.69. The fourth-order valence-electron chi connectivity index (χ4n) is 2.86. The maximum Gasteiger partial charge on any atom is 0.250 e. The van der Waals surface area contributed by atoms with Crippen molar-refractivity contribution in [3.63, 3.8) is 0 Å². The molecule has 0 aliphatic rings. The average Bonchev–Trinajstić information content (AvgIpc) is 2.70. The van der Waals surface area contributed by atoms with Gasteiger partial charge in [0.05, 0.1) is 6.54 Å². The summed E-state index contributed by atoms with van der Waals surface area (Å²) in [6.07, 6.45) is 3.05. The van der Waals surface area contributed by atoms with Crippen molar-refractivity contribution in [1.82, 2.24) is 9.88 Å². The van der Waals surface area contributed by atoms with Crippen molar-refractivity contribution >= 4 is 17.5 Å². The first-order chi connectivity index (χ1) is 13.0. The molecule has 1 amide bonds. The molecule has 1 aromatic heterocycles. The van der Waals surface area contributed by atoms with Crippen LogP contribution in [0.4, 0.5) is 0 Å². The highest BCUT2D eigenvalue weighted by molar-refractivity contribution is 6.30. The predicted molar refractivity (Wildman–Crippen MR) is 109 cm³/mol. The maximum atomic E-state index is 12.2. The molecular weight excluding hydrogens is 360 g/mol. The van der Waals surface area contributed by atoms with Crippen molar-refractivity contribution in [3.05, 3.63) is 93.4 Å². The molecule has 0 aliphatic carbocycles. The number of hydrogen-bond donors (Lipinski definition) is 1. The van der Waals surface area contributed by atoms with Crippen molar-refractivity contribution in [2.45, 2.75) is 19.4 Å². The Kier molecular flexibility index (Phi) is 6.09. The number of nitrogens with zero attached hydrogens (tertiary/aromatic N) is 1. The van der Waals surface area contributed by atoms with Crippen molar-refractivity contribution in [2.75, 3.05) is 7.05 Å². The highest BCUT2D eigenvalue weighted by Gasteiger charge is 2.04. The third-order valence-electron chi connectivity index (χ3n) is 4.46. The van der Waals surface area contributed by atoms with E-state index in [0.29, 0.717) is 24.4 Å². The summed E-state index contributed by atoms with van der Waals surface area (Å²) < 4.78 is 1.69. The Hall–Kier alpha value is -2.85. The molecule has 3 aromatic rings. The lowest BCUT2D eigenvalue weighted by atomic mass is 10.0. The van der Waals surface area contributed by atoms with Crippen molar-refractivity contribution in [3.8, 4) is 11.1 Å². The second-order valence-corrected chi connectivity index (χ2v) is 6.82. The van der Waals surface area contributed by atoms with Crippen molar-refractivity contribution in [2.24, 2.45) is 0 Å². The Bertz CT molecular complexity index is 976. The lowest BCUT2D eigenvalue weighted by Crippen LogP contribution is -2.19. The second-order valence-electron chi connectivity index (χ2n) is 6.38. The quantitative estimate of drug-likeness (QED) is 0.705. The molecule has 27 heavy (non-hydrogen) atoms. The highest BCUT2D eigenvalue weighted by atomic mass is 35.5. The Morgan fingerprint density at radius 1 is 0.926 bits per heavy atom. The van der Waals surface area contributed by atoms with Crippen LogP contribution in [0.1, 0.15) is 17.5 Å². The lowest BCUT2D eigenvalue weighted by Gasteiger charge is -2.10. The smallest absolute Gasteiger partial charge is 0.250 e. The minimum absolute atomic E-state index is 0.0355. The van der Waals surface area contributed by atoms with Crippen LogP contribution in [0.2, 0.25) is 5.02 Å². The van der Waals surface area contributed by atoms with E-state index in [-0.39, 0.29) is 11.5 Å². The van der Waals surface area contributed by atoms with E-state index >= 15 is 0 Å². The van der Waals surface area contributed by atoms with E-state index in [4.69, 9.17) is 11.6 Å². The summed E-state index contributed by atoms with van der Waals surface area (Å²) in [5.41, 5.74) is 4.08. The Morgan fingerprint density at radius 2 is 1.56 bits per heavy atom. The number of rotatable bonds is 6. The number of aromatic nitrogens is 1. The SMILES string of the molecule is CNC(=O)CCc1ccc(-c2ccc(=O)n(Cc3ccc(Cl)cc3)c2)cc1. The fourth-order valence-corrected chi connectivity index (χ4v) is 2.98. The molecule has 0 bridgehead atoms. The standard InChI is InChI=1S/C22H21ClN2O2/c1-24-21(26)12-6-16-2-7-18(8-3-16)19-9-13-22(27)25(15-19)14-17-4-10-20(23)11-5-17/h2-5,7-11,13,15H,6,12,14H2,1H3,(H,24,26). The van der Waals surface area contributed by atoms with E-state index in [9.17, 15) is 9.59 Å². The number of carbonyl (C=O) groups is 1. The van der Waals surface area contributed by atoms with Gasteiger partial charge in [0.2, 0.25) is 5.91 Å². The van der Waals surface area contributed by atoms with Gasteiger partial charge in [0.25, 0.3) is 5.56 Å². The molecular formula is C22H21ClN2O2. The normalized spacial score (nSPS) is 10.6. The van der Waals surface area contributed by atoms with E-state index in [1.807, 2.05) is 60.8 Å². The number of amides is 1. The van der Waals surface area contributed by atoms with E-state index in [0.717, 1.165) is 22.3 Å². The number of nitrogens with one attached hydrogen (secondary N) is 1. The molecule has 138 valence electrons. The third-order valence-corrected chi connectivity index (χ3v) is 4.71. The van der Waals surface area contributed by atoms with Gasteiger partial charge >= 0.3 is 0 Å². The van der Waals surface area contributed by atoms with E-state index in [1.54, 1.807) is 17.7 Å². The molecule has 3 rings (SSSR count). The molecule has 0 saturated heterocycles. The van der Waals surface area contributed by atoms with Gasteiger partial charge < -0.3 is 9.88 Å². The van der Waals surface area contributed by atoms with Crippen LogP contribution in [-0.2, 0) is 17.8 Å². The minimum Gasteiger partial charge on any atom is -0.359 e. The largest absolute Gasteiger partial charge is 0.359 e. The third kappa shape index (κ3) is 5.08. The zero-order valence-corrected chi connectivity index (χ0v) is 15.9. The summed E-state index contributed by atoms with van der Waals surface area (Å²) >= 11 is 5.92. The molecule has 4 nitrogen and oxygen atoms in total. The van der Waals surface area contributed by atoms with Crippen LogP contribution >= 0.6 is 11.6 Å². The molecule has 0 radical (unpaired) electrons. The van der Waals surface area contributed by atoms with Gasteiger partial charge in [-0.3, -0.25) is 9.59 Å². The van der Waals surface area contributed by atoms with Crippen molar-refractivity contribution < 1.29 is 4.79 Å². The number of benzene rings is 2. The molecule has 0 spiro atoms. The maximum absolute atomic E-state index is 12.2. The van der Waals surface area contributed by atoms with Gasteiger partial charge in [-0.15, -0.1) is 0 Å². The first kappa shape index (κ1) is 18.9.